The predicted molar refractivity (Wildman–Crippen MR) is 65.7 cm³/mol. The van der Waals surface area contributed by atoms with Crippen LogP contribution in [0.4, 0.5) is 5.82 Å². The first kappa shape index (κ1) is 11.8. The van der Waals surface area contributed by atoms with Gasteiger partial charge in [-0.05, 0) is 12.8 Å². The van der Waals surface area contributed by atoms with Gasteiger partial charge in [0, 0.05) is 39.6 Å². The van der Waals surface area contributed by atoms with E-state index in [1.807, 2.05) is 14.1 Å². The van der Waals surface area contributed by atoms with Crippen molar-refractivity contribution in [3.63, 3.8) is 0 Å². The van der Waals surface area contributed by atoms with Crippen LogP contribution < -0.4 is 4.90 Å². The van der Waals surface area contributed by atoms with Gasteiger partial charge in [0.05, 0.1) is 12.1 Å². The molecule has 0 radical (unpaired) electrons. The minimum atomic E-state index is 0.0840. The summed E-state index contributed by atoms with van der Waals surface area (Å²) in [5.74, 6) is 1.16. The maximum Gasteiger partial charge on any atom is 0.226 e. The van der Waals surface area contributed by atoms with Crippen molar-refractivity contribution >= 4 is 11.7 Å². The first-order valence-corrected chi connectivity index (χ1v) is 5.90. The molecular weight excluding hydrogens is 216 g/mol. The van der Waals surface area contributed by atoms with Crippen LogP contribution in [-0.2, 0) is 4.79 Å². The van der Waals surface area contributed by atoms with E-state index >= 15 is 0 Å². The van der Waals surface area contributed by atoms with Crippen LogP contribution in [0.15, 0.2) is 18.6 Å². The molecule has 1 amide bonds. The van der Waals surface area contributed by atoms with Gasteiger partial charge in [0.15, 0.2) is 0 Å². The van der Waals surface area contributed by atoms with Crippen molar-refractivity contribution in [3.05, 3.63) is 18.6 Å². The standard InChI is InChI=1S/C12H18N4O/c1-15(2)12(17)10-4-3-7-16(9-10)11-8-13-5-6-14-11/h5-6,8,10H,3-4,7,9H2,1-2H3. The van der Waals surface area contributed by atoms with Crippen LogP contribution in [0.1, 0.15) is 12.8 Å². The second kappa shape index (κ2) is 5.12. The summed E-state index contributed by atoms with van der Waals surface area (Å²) in [6.07, 6.45) is 7.10. The van der Waals surface area contributed by atoms with Crippen LogP contribution in [0.2, 0.25) is 0 Å². The van der Waals surface area contributed by atoms with Crippen molar-refractivity contribution in [3.8, 4) is 0 Å². The van der Waals surface area contributed by atoms with Gasteiger partial charge in [-0.2, -0.15) is 0 Å². The molecule has 0 spiro atoms. The highest BCUT2D eigenvalue weighted by atomic mass is 16.2. The Morgan fingerprint density at radius 2 is 2.29 bits per heavy atom. The number of carbonyl (C=O) groups excluding carboxylic acids is 1. The fourth-order valence-corrected chi connectivity index (χ4v) is 2.21. The molecule has 1 aromatic rings. The molecule has 0 saturated carbocycles. The topological polar surface area (TPSA) is 49.3 Å². The molecule has 0 aliphatic carbocycles. The molecule has 92 valence electrons. The third kappa shape index (κ3) is 2.72. The Hall–Kier alpha value is -1.65. The van der Waals surface area contributed by atoms with E-state index in [-0.39, 0.29) is 11.8 Å². The summed E-state index contributed by atoms with van der Waals surface area (Å²) in [7, 11) is 3.62. The average molecular weight is 234 g/mol. The summed E-state index contributed by atoms with van der Waals surface area (Å²) in [6, 6.07) is 0. The van der Waals surface area contributed by atoms with Crippen molar-refractivity contribution in [1.82, 2.24) is 14.9 Å². The molecule has 17 heavy (non-hydrogen) atoms. The van der Waals surface area contributed by atoms with E-state index in [0.29, 0.717) is 0 Å². The Morgan fingerprint density at radius 3 is 2.94 bits per heavy atom. The van der Waals surface area contributed by atoms with E-state index < -0.39 is 0 Å². The van der Waals surface area contributed by atoms with Crippen molar-refractivity contribution in [2.45, 2.75) is 12.8 Å². The molecule has 1 unspecified atom stereocenters. The Morgan fingerprint density at radius 1 is 1.47 bits per heavy atom. The van der Waals surface area contributed by atoms with Crippen LogP contribution in [-0.4, -0.2) is 48.0 Å². The van der Waals surface area contributed by atoms with E-state index in [1.165, 1.54) is 0 Å². The predicted octanol–water partition coefficient (Wildman–Crippen LogP) is 0.781. The summed E-state index contributed by atoms with van der Waals surface area (Å²) >= 11 is 0. The van der Waals surface area contributed by atoms with Gasteiger partial charge in [-0.1, -0.05) is 0 Å². The lowest BCUT2D eigenvalue weighted by atomic mass is 9.97. The van der Waals surface area contributed by atoms with Gasteiger partial charge in [0.2, 0.25) is 5.91 Å². The van der Waals surface area contributed by atoms with Gasteiger partial charge >= 0.3 is 0 Å². The average Bonchev–Trinajstić information content (AvgIpc) is 2.39. The first-order chi connectivity index (χ1) is 8.18. The number of hydrogen-bond acceptors (Lipinski definition) is 4. The smallest absolute Gasteiger partial charge is 0.226 e. The second-order valence-electron chi connectivity index (χ2n) is 4.58. The van der Waals surface area contributed by atoms with Gasteiger partial charge in [-0.15, -0.1) is 0 Å². The zero-order valence-corrected chi connectivity index (χ0v) is 10.3. The number of rotatable bonds is 2. The molecule has 2 rings (SSSR count). The SMILES string of the molecule is CN(C)C(=O)C1CCCN(c2cnccn2)C1. The number of piperidine rings is 1. The Kier molecular flexibility index (Phi) is 3.56. The summed E-state index contributed by atoms with van der Waals surface area (Å²) < 4.78 is 0. The Balaban J connectivity index is 2.05. The monoisotopic (exact) mass is 234 g/mol. The second-order valence-corrected chi connectivity index (χ2v) is 4.58. The molecule has 1 aromatic heterocycles. The van der Waals surface area contributed by atoms with Crippen LogP contribution in [0, 0.1) is 5.92 Å². The zero-order chi connectivity index (χ0) is 12.3. The molecule has 1 aliphatic heterocycles. The summed E-state index contributed by atoms with van der Waals surface area (Å²) in [4.78, 5) is 24.1. The molecule has 0 N–H and O–H groups in total. The van der Waals surface area contributed by atoms with Crippen molar-refractivity contribution in [1.29, 1.82) is 0 Å². The van der Waals surface area contributed by atoms with Crippen molar-refractivity contribution < 1.29 is 4.79 Å². The maximum absolute atomic E-state index is 11.9. The van der Waals surface area contributed by atoms with Gasteiger partial charge in [-0.3, -0.25) is 9.78 Å². The highest BCUT2D eigenvalue weighted by molar-refractivity contribution is 5.79. The van der Waals surface area contributed by atoms with Gasteiger partial charge in [0.25, 0.3) is 0 Å². The van der Waals surface area contributed by atoms with Crippen LogP contribution in [0.5, 0.6) is 0 Å². The highest BCUT2D eigenvalue weighted by Gasteiger charge is 2.27. The van der Waals surface area contributed by atoms with E-state index in [9.17, 15) is 4.79 Å². The Bertz CT molecular complexity index is 379. The maximum atomic E-state index is 11.9. The van der Waals surface area contributed by atoms with Crippen LogP contribution in [0.25, 0.3) is 0 Å². The quantitative estimate of drug-likeness (QED) is 0.759. The van der Waals surface area contributed by atoms with E-state index in [2.05, 4.69) is 14.9 Å². The van der Waals surface area contributed by atoms with Crippen LogP contribution in [0.3, 0.4) is 0 Å². The van der Waals surface area contributed by atoms with Crippen LogP contribution >= 0.6 is 0 Å². The molecule has 5 heteroatoms. The molecule has 1 fully saturated rings. The number of carbonyl (C=O) groups is 1. The number of hydrogen-bond donors (Lipinski definition) is 0. The fraction of sp³-hybridized carbons (Fsp3) is 0.583. The zero-order valence-electron chi connectivity index (χ0n) is 10.3. The van der Waals surface area contributed by atoms with E-state index in [1.54, 1.807) is 23.5 Å². The fourth-order valence-electron chi connectivity index (χ4n) is 2.21. The van der Waals surface area contributed by atoms with Crippen molar-refractivity contribution in [2.75, 3.05) is 32.1 Å². The largest absolute Gasteiger partial charge is 0.355 e. The molecule has 1 atom stereocenters. The summed E-state index contributed by atoms with van der Waals surface area (Å²) in [5, 5.41) is 0. The van der Waals surface area contributed by atoms with Gasteiger partial charge in [-0.25, -0.2) is 4.98 Å². The molecular formula is C12H18N4O. The van der Waals surface area contributed by atoms with E-state index in [4.69, 9.17) is 0 Å². The lowest BCUT2D eigenvalue weighted by Crippen LogP contribution is -2.43. The van der Waals surface area contributed by atoms with Crippen molar-refractivity contribution in [2.24, 2.45) is 5.92 Å². The van der Waals surface area contributed by atoms with Gasteiger partial charge in [0.1, 0.15) is 5.82 Å². The normalized spacial score (nSPS) is 20.1. The third-order valence-electron chi connectivity index (χ3n) is 3.08. The molecule has 0 bridgehead atoms. The molecule has 2 heterocycles. The molecule has 1 aliphatic rings. The first-order valence-electron chi connectivity index (χ1n) is 5.90. The minimum Gasteiger partial charge on any atom is -0.355 e. The number of anilines is 1. The Labute approximate surface area is 101 Å². The summed E-state index contributed by atoms with van der Waals surface area (Å²) in [5.41, 5.74) is 0. The lowest BCUT2D eigenvalue weighted by Gasteiger charge is -2.33. The third-order valence-corrected chi connectivity index (χ3v) is 3.08. The van der Waals surface area contributed by atoms with Gasteiger partial charge < -0.3 is 9.80 Å². The number of aromatic nitrogens is 2. The number of amides is 1. The molecule has 5 nitrogen and oxygen atoms in total. The number of nitrogens with zero attached hydrogens (tertiary/aromatic N) is 4. The summed E-state index contributed by atoms with van der Waals surface area (Å²) in [6.45, 7) is 1.70. The molecule has 0 aromatic carbocycles. The highest BCUT2D eigenvalue weighted by Crippen LogP contribution is 2.21. The molecule has 1 saturated heterocycles. The minimum absolute atomic E-state index is 0.0840. The lowest BCUT2D eigenvalue weighted by molar-refractivity contribution is -0.133. The van der Waals surface area contributed by atoms with E-state index in [0.717, 1.165) is 31.7 Å².